The number of anilines is 2. The fourth-order valence-electron chi connectivity index (χ4n) is 5.57. The molecule has 2 N–H and O–H groups in total. The van der Waals surface area contributed by atoms with Crippen LogP contribution in [0.1, 0.15) is 27.0 Å². The van der Waals surface area contributed by atoms with Crippen LogP contribution in [0.2, 0.25) is 0 Å². The monoisotopic (exact) mass is 573 g/mol. The Balaban J connectivity index is 1.08. The van der Waals surface area contributed by atoms with Crippen LogP contribution in [0.4, 0.5) is 11.5 Å². The first-order chi connectivity index (χ1) is 21.0. The average Bonchev–Trinajstić information content (AvgIpc) is 3.04. The normalized spacial score (nSPS) is 12.9. The number of aromatic nitrogens is 2. The number of nitrogens with zero attached hydrogens (tertiary/aromatic N) is 3. The number of nitrogens with one attached hydrogen (secondary N) is 2. The lowest BCUT2D eigenvalue weighted by Crippen LogP contribution is -2.37. The van der Waals surface area contributed by atoms with Crippen LogP contribution in [0.3, 0.4) is 0 Å². The van der Waals surface area contributed by atoms with E-state index in [2.05, 4.69) is 62.8 Å². The molecule has 8 nitrogen and oxygen atoms in total. The van der Waals surface area contributed by atoms with Gasteiger partial charge in [0.1, 0.15) is 12.1 Å². The standard InChI is InChI=1S/C35H35N5O3/c1-23-5-4-6-29(17-23)39-34-30-18-26(11-12-31(30)37-22-38-34)24-7-9-25(10-8-24)35(41)36-14-16-40-15-13-27-19-32(42-2)33(43-3)20-28(27)21-40/h4-12,17-20,22H,13-16,21H2,1-3H3,(H,36,41)(H,37,38,39). The second-order valence-corrected chi connectivity index (χ2v) is 10.8. The molecule has 6 rings (SSSR count). The molecule has 8 heteroatoms. The molecule has 4 aromatic carbocycles. The summed E-state index contributed by atoms with van der Waals surface area (Å²) in [7, 11) is 3.32. The molecule has 218 valence electrons. The molecule has 1 aromatic heterocycles. The van der Waals surface area contributed by atoms with Gasteiger partial charge < -0.3 is 20.1 Å². The number of carbonyl (C=O) groups is 1. The third-order valence-electron chi connectivity index (χ3n) is 7.91. The van der Waals surface area contributed by atoms with Gasteiger partial charge in [0.15, 0.2) is 11.5 Å². The Bertz CT molecular complexity index is 1770. The van der Waals surface area contributed by atoms with Crippen molar-refractivity contribution < 1.29 is 14.3 Å². The summed E-state index contributed by atoms with van der Waals surface area (Å²) >= 11 is 0. The zero-order chi connectivity index (χ0) is 29.8. The van der Waals surface area contributed by atoms with E-state index in [1.807, 2.05) is 48.5 Å². The van der Waals surface area contributed by atoms with E-state index < -0.39 is 0 Å². The number of hydrogen-bond donors (Lipinski definition) is 2. The van der Waals surface area contributed by atoms with Gasteiger partial charge in [-0.1, -0.05) is 30.3 Å². The Kier molecular flexibility index (Phi) is 8.20. The van der Waals surface area contributed by atoms with E-state index in [1.165, 1.54) is 16.7 Å². The fourth-order valence-corrected chi connectivity index (χ4v) is 5.57. The van der Waals surface area contributed by atoms with Gasteiger partial charge in [-0.25, -0.2) is 9.97 Å². The highest BCUT2D eigenvalue weighted by Gasteiger charge is 2.19. The largest absolute Gasteiger partial charge is 0.493 e. The summed E-state index contributed by atoms with van der Waals surface area (Å²) < 4.78 is 10.9. The predicted octanol–water partition coefficient (Wildman–Crippen LogP) is 6.15. The first-order valence-corrected chi connectivity index (χ1v) is 14.4. The van der Waals surface area contributed by atoms with E-state index in [1.54, 1.807) is 20.5 Å². The lowest BCUT2D eigenvalue weighted by molar-refractivity contribution is 0.0947. The SMILES string of the molecule is COc1cc2c(cc1OC)CN(CCNC(=O)c1ccc(-c3ccc4ncnc(Nc5cccc(C)c5)c4c3)cc1)CC2. The Morgan fingerprint density at radius 3 is 2.42 bits per heavy atom. The van der Waals surface area contributed by atoms with E-state index in [4.69, 9.17) is 9.47 Å². The molecule has 1 amide bonds. The first-order valence-electron chi connectivity index (χ1n) is 14.4. The summed E-state index contributed by atoms with van der Waals surface area (Å²) in [5.74, 6) is 2.19. The van der Waals surface area contributed by atoms with Gasteiger partial charge in [0, 0.05) is 42.8 Å². The molecule has 0 saturated heterocycles. The number of hydrogen-bond acceptors (Lipinski definition) is 7. The van der Waals surface area contributed by atoms with E-state index in [0.717, 1.165) is 71.1 Å². The number of rotatable bonds is 9. The van der Waals surface area contributed by atoms with Gasteiger partial charge in [0.25, 0.3) is 5.91 Å². The van der Waals surface area contributed by atoms with Gasteiger partial charge in [0.05, 0.1) is 19.7 Å². The molecule has 1 aliphatic rings. The minimum Gasteiger partial charge on any atom is -0.493 e. The maximum Gasteiger partial charge on any atom is 0.251 e. The second-order valence-electron chi connectivity index (χ2n) is 10.8. The van der Waals surface area contributed by atoms with Crippen molar-refractivity contribution in [2.75, 3.05) is 39.2 Å². The number of amides is 1. The Morgan fingerprint density at radius 2 is 1.65 bits per heavy atom. The van der Waals surface area contributed by atoms with E-state index in [0.29, 0.717) is 12.1 Å². The summed E-state index contributed by atoms with van der Waals surface area (Å²) in [5, 5.41) is 7.44. The second kappa shape index (κ2) is 12.5. The molecule has 5 aromatic rings. The first kappa shape index (κ1) is 28.2. The summed E-state index contributed by atoms with van der Waals surface area (Å²) in [6.45, 7) is 5.17. The number of carbonyl (C=O) groups excluding carboxylic acids is 1. The zero-order valence-electron chi connectivity index (χ0n) is 24.7. The van der Waals surface area contributed by atoms with Crippen molar-refractivity contribution in [3.63, 3.8) is 0 Å². The number of benzene rings is 4. The molecule has 0 bridgehead atoms. The Morgan fingerprint density at radius 1 is 0.884 bits per heavy atom. The van der Waals surface area contributed by atoms with Crippen molar-refractivity contribution in [3.8, 4) is 22.6 Å². The predicted molar refractivity (Wildman–Crippen MR) is 170 cm³/mol. The van der Waals surface area contributed by atoms with Crippen molar-refractivity contribution in [1.82, 2.24) is 20.2 Å². The molecular formula is C35H35N5O3. The van der Waals surface area contributed by atoms with E-state index in [-0.39, 0.29) is 5.91 Å². The quantitative estimate of drug-likeness (QED) is 0.219. The molecule has 43 heavy (non-hydrogen) atoms. The summed E-state index contributed by atoms with van der Waals surface area (Å²) in [4.78, 5) is 24.2. The Labute approximate surface area is 251 Å². The molecule has 0 spiro atoms. The van der Waals surface area contributed by atoms with Crippen molar-refractivity contribution >= 4 is 28.3 Å². The minimum atomic E-state index is -0.0769. The molecule has 0 atom stereocenters. The fraction of sp³-hybridized carbons (Fsp3) is 0.229. The topological polar surface area (TPSA) is 88.6 Å². The third kappa shape index (κ3) is 6.29. The van der Waals surface area contributed by atoms with Crippen molar-refractivity contribution in [3.05, 3.63) is 107 Å². The van der Waals surface area contributed by atoms with E-state index in [9.17, 15) is 4.79 Å². The highest BCUT2D eigenvalue weighted by molar-refractivity contribution is 5.96. The molecule has 0 aliphatic carbocycles. The highest BCUT2D eigenvalue weighted by atomic mass is 16.5. The number of aryl methyl sites for hydroxylation is 1. The number of methoxy groups -OCH3 is 2. The van der Waals surface area contributed by atoms with Crippen LogP contribution in [0.25, 0.3) is 22.0 Å². The average molecular weight is 574 g/mol. The summed E-state index contributed by atoms with van der Waals surface area (Å²) in [6.07, 6.45) is 2.52. The molecule has 0 fully saturated rings. The third-order valence-corrected chi connectivity index (χ3v) is 7.91. The van der Waals surface area contributed by atoms with Crippen LogP contribution in [0.15, 0.2) is 85.2 Å². The van der Waals surface area contributed by atoms with Crippen LogP contribution in [-0.2, 0) is 13.0 Å². The summed E-state index contributed by atoms with van der Waals surface area (Å²) in [5.41, 5.74) is 8.22. The van der Waals surface area contributed by atoms with E-state index >= 15 is 0 Å². The number of ether oxygens (including phenoxy) is 2. The molecule has 2 heterocycles. The maximum atomic E-state index is 12.9. The summed E-state index contributed by atoms with van der Waals surface area (Å²) in [6, 6.07) is 26.2. The maximum absolute atomic E-state index is 12.9. The minimum absolute atomic E-state index is 0.0769. The van der Waals surface area contributed by atoms with Gasteiger partial charge >= 0.3 is 0 Å². The van der Waals surface area contributed by atoms with Crippen LogP contribution < -0.4 is 20.1 Å². The zero-order valence-corrected chi connectivity index (χ0v) is 24.7. The van der Waals surface area contributed by atoms with Crippen LogP contribution in [0, 0.1) is 6.92 Å². The smallest absolute Gasteiger partial charge is 0.251 e. The molecule has 0 saturated carbocycles. The number of fused-ring (bicyclic) bond motifs is 2. The molecular weight excluding hydrogens is 538 g/mol. The van der Waals surface area contributed by atoms with Crippen molar-refractivity contribution in [1.29, 1.82) is 0 Å². The van der Waals surface area contributed by atoms with Crippen molar-refractivity contribution in [2.24, 2.45) is 0 Å². The van der Waals surface area contributed by atoms with Gasteiger partial charge in [-0.05, 0) is 89.7 Å². The van der Waals surface area contributed by atoms with Gasteiger partial charge in [-0.2, -0.15) is 0 Å². The molecule has 0 radical (unpaired) electrons. The van der Waals surface area contributed by atoms with Crippen LogP contribution in [0.5, 0.6) is 11.5 Å². The molecule has 0 unspecified atom stereocenters. The Hall–Kier alpha value is -4.95. The molecule has 1 aliphatic heterocycles. The highest BCUT2D eigenvalue weighted by Crippen LogP contribution is 2.33. The lowest BCUT2D eigenvalue weighted by atomic mass is 9.99. The van der Waals surface area contributed by atoms with Crippen LogP contribution in [-0.4, -0.2) is 54.6 Å². The lowest BCUT2D eigenvalue weighted by Gasteiger charge is -2.29. The van der Waals surface area contributed by atoms with Gasteiger partial charge in [-0.3, -0.25) is 9.69 Å². The van der Waals surface area contributed by atoms with Crippen LogP contribution >= 0.6 is 0 Å². The van der Waals surface area contributed by atoms with Gasteiger partial charge in [-0.15, -0.1) is 0 Å². The van der Waals surface area contributed by atoms with Gasteiger partial charge in [0.2, 0.25) is 0 Å². The van der Waals surface area contributed by atoms with Crippen molar-refractivity contribution in [2.45, 2.75) is 19.9 Å².